The normalized spacial score (nSPS) is 25.1. The smallest absolute Gasteiger partial charge is 0.407 e. The van der Waals surface area contributed by atoms with Crippen molar-refractivity contribution >= 4 is 24.1 Å². The molecule has 0 spiro atoms. The van der Waals surface area contributed by atoms with Crippen molar-refractivity contribution < 1.29 is 49.1 Å². The number of alkyl carbamates (subject to hydrolysis) is 2. The van der Waals surface area contributed by atoms with Crippen LogP contribution in [0.3, 0.4) is 0 Å². The number of hydrogen-bond acceptors (Lipinski definition) is 8. The third-order valence-corrected chi connectivity index (χ3v) is 7.13. The summed E-state index contributed by atoms with van der Waals surface area (Å²) < 4.78 is 10.2. The van der Waals surface area contributed by atoms with Crippen LogP contribution in [0.4, 0.5) is 9.59 Å². The molecule has 2 aromatic rings. The fourth-order valence-corrected chi connectivity index (χ4v) is 5.08. The van der Waals surface area contributed by atoms with Crippen molar-refractivity contribution in [3.63, 3.8) is 0 Å². The number of ether oxygens (including phenoxy) is 2. The molecule has 2 aromatic carbocycles. The molecule has 12 nitrogen and oxygen atoms in total. The zero-order valence-corrected chi connectivity index (χ0v) is 23.1. The number of benzene rings is 2. The van der Waals surface area contributed by atoms with Gasteiger partial charge in [-0.2, -0.15) is 0 Å². The maximum Gasteiger partial charge on any atom is 0.407 e. The molecule has 6 atom stereocenters. The lowest BCUT2D eigenvalue weighted by molar-refractivity contribution is -0.145. The first-order chi connectivity index (χ1) is 20.1. The molecule has 2 aliphatic rings. The van der Waals surface area contributed by atoms with E-state index in [9.17, 15) is 29.4 Å². The van der Waals surface area contributed by atoms with E-state index in [-0.39, 0.29) is 38.1 Å². The molecular formula is C30H38N2O10. The van der Waals surface area contributed by atoms with E-state index in [0.29, 0.717) is 25.7 Å². The highest BCUT2D eigenvalue weighted by molar-refractivity contribution is 5.72. The summed E-state index contributed by atoms with van der Waals surface area (Å²) in [5, 5.41) is 42.6. The van der Waals surface area contributed by atoms with Gasteiger partial charge in [0.2, 0.25) is 0 Å². The minimum atomic E-state index is -0.946. The van der Waals surface area contributed by atoms with Crippen LogP contribution < -0.4 is 10.6 Å². The lowest BCUT2D eigenvalue weighted by atomic mass is 9.84. The first kappa shape index (κ1) is 32.4. The maximum atomic E-state index is 11.7. The van der Waals surface area contributed by atoms with Crippen molar-refractivity contribution in [3.05, 3.63) is 71.8 Å². The molecule has 0 aromatic heterocycles. The summed E-state index contributed by atoms with van der Waals surface area (Å²) in [5.74, 6) is -3.15. The summed E-state index contributed by atoms with van der Waals surface area (Å²) in [4.78, 5) is 45.4. The number of amides is 2. The Balaban J connectivity index is 0.000000230. The molecule has 0 bridgehead atoms. The average molecular weight is 587 g/mol. The van der Waals surface area contributed by atoms with E-state index in [1.165, 1.54) is 0 Å². The summed E-state index contributed by atoms with van der Waals surface area (Å²) in [7, 11) is 0. The molecule has 0 unspecified atom stereocenters. The van der Waals surface area contributed by atoms with Gasteiger partial charge in [0, 0.05) is 12.1 Å². The fraction of sp³-hybridized carbons (Fsp3) is 0.467. The average Bonchev–Trinajstić information content (AvgIpc) is 2.96. The molecule has 2 aliphatic carbocycles. The van der Waals surface area contributed by atoms with E-state index in [4.69, 9.17) is 19.7 Å². The largest absolute Gasteiger partial charge is 0.481 e. The third kappa shape index (κ3) is 11.4. The molecule has 4 rings (SSSR count). The highest BCUT2D eigenvalue weighted by Gasteiger charge is 2.34. The van der Waals surface area contributed by atoms with Gasteiger partial charge in [0.25, 0.3) is 0 Å². The molecule has 0 saturated heterocycles. The Morgan fingerprint density at radius 2 is 0.952 bits per heavy atom. The van der Waals surface area contributed by atoms with Crippen LogP contribution in [-0.4, -0.2) is 68.8 Å². The number of aliphatic hydroxyl groups excluding tert-OH is 2. The summed E-state index contributed by atoms with van der Waals surface area (Å²) in [6.45, 7) is 0.314. The summed E-state index contributed by atoms with van der Waals surface area (Å²) >= 11 is 0. The molecule has 42 heavy (non-hydrogen) atoms. The SMILES string of the molecule is O=C(N[C@@H]1C[C@H](O)C[C@H](C(=O)O)C1)OCc1ccccc1.O=C(N[C@H]1C[C@@H](O)C[C@@H](C(=O)O)C1)OCc1ccccc1. The second-order valence-electron chi connectivity index (χ2n) is 10.6. The predicted molar refractivity (Wildman–Crippen MR) is 149 cm³/mol. The first-order valence-electron chi connectivity index (χ1n) is 13.8. The Bertz CT molecular complexity index is 1070. The van der Waals surface area contributed by atoms with Gasteiger partial charge in [-0.05, 0) is 49.7 Å². The van der Waals surface area contributed by atoms with Gasteiger partial charge in [0.15, 0.2) is 0 Å². The molecule has 2 amide bonds. The number of carboxylic acid groups (broad SMARTS) is 2. The molecule has 0 heterocycles. The van der Waals surface area contributed by atoms with Crippen molar-refractivity contribution in [1.82, 2.24) is 10.6 Å². The second kappa shape index (κ2) is 16.3. The fourth-order valence-electron chi connectivity index (χ4n) is 5.08. The van der Waals surface area contributed by atoms with E-state index in [1.54, 1.807) is 0 Å². The molecule has 6 N–H and O–H groups in total. The number of aliphatic hydroxyl groups is 2. The topological polar surface area (TPSA) is 192 Å². The Kier molecular flexibility index (Phi) is 12.6. The number of carbonyl (C=O) groups is 4. The van der Waals surface area contributed by atoms with Crippen LogP contribution >= 0.6 is 0 Å². The van der Waals surface area contributed by atoms with E-state index >= 15 is 0 Å². The first-order valence-corrected chi connectivity index (χ1v) is 13.8. The van der Waals surface area contributed by atoms with Crippen LogP contribution in [0.1, 0.15) is 49.7 Å². The van der Waals surface area contributed by atoms with Gasteiger partial charge in [0.05, 0.1) is 24.0 Å². The highest BCUT2D eigenvalue weighted by atomic mass is 16.6. The summed E-state index contributed by atoms with van der Waals surface area (Å²) in [6, 6.07) is 17.8. The summed E-state index contributed by atoms with van der Waals surface area (Å²) in [5.41, 5.74) is 1.75. The molecule has 0 aliphatic heterocycles. The molecule has 228 valence electrons. The van der Waals surface area contributed by atoms with Crippen LogP contribution in [0.5, 0.6) is 0 Å². The Hall–Kier alpha value is -4.16. The minimum absolute atomic E-state index is 0.157. The second-order valence-corrected chi connectivity index (χ2v) is 10.6. The standard InChI is InChI=1S/2C15H19NO5/c2*17-13-7-11(14(18)19)6-12(8-13)16-15(20)21-9-10-4-2-1-3-5-10/h2*1-5,11-13,17H,6-9H2,(H,16,20)(H,18,19)/t2*11-,12+,13-/m10/s1. The van der Waals surface area contributed by atoms with Crippen molar-refractivity contribution in [2.24, 2.45) is 11.8 Å². The zero-order chi connectivity index (χ0) is 30.5. The van der Waals surface area contributed by atoms with E-state index in [2.05, 4.69) is 10.6 Å². The number of carbonyl (C=O) groups excluding carboxylic acids is 2. The van der Waals surface area contributed by atoms with Gasteiger partial charge in [-0.3, -0.25) is 9.59 Å². The predicted octanol–water partition coefficient (Wildman–Crippen LogP) is 3.05. The van der Waals surface area contributed by atoms with E-state index in [1.807, 2.05) is 60.7 Å². The lowest BCUT2D eigenvalue weighted by Gasteiger charge is -2.30. The number of aliphatic carboxylic acids is 2. The Morgan fingerprint density at radius 3 is 1.29 bits per heavy atom. The van der Waals surface area contributed by atoms with Crippen molar-refractivity contribution in [2.75, 3.05) is 0 Å². The van der Waals surface area contributed by atoms with Gasteiger partial charge in [-0.15, -0.1) is 0 Å². The van der Waals surface area contributed by atoms with Crippen molar-refractivity contribution in [1.29, 1.82) is 0 Å². The van der Waals surface area contributed by atoms with Crippen LogP contribution in [0.25, 0.3) is 0 Å². The van der Waals surface area contributed by atoms with Gasteiger partial charge in [-0.1, -0.05) is 60.7 Å². The van der Waals surface area contributed by atoms with Gasteiger partial charge in [0.1, 0.15) is 13.2 Å². The van der Waals surface area contributed by atoms with Crippen molar-refractivity contribution in [3.8, 4) is 0 Å². The molecule has 0 radical (unpaired) electrons. The number of carboxylic acids is 2. The molecular weight excluding hydrogens is 548 g/mol. The Morgan fingerprint density at radius 1 is 0.595 bits per heavy atom. The monoisotopic (exact) mass is 586 g/mol. The van der Waals surface area contributed by atoms with Crippen LogP contribution in [0.15, 0.2) is 60.7 Å². The summed E-state index contributed by atoms with van der Waals surface area (Å²) in [6.07, 6.45) is -0.824. The highest BCUT2D eigenvalue weighted by Crippen LogP contribution is 2.26. The van der Waals surface area contributed by atoms with Gasteiger partial charge < -0.3 is 40.5 Å². The van der Waals surface area contributed by atoms with Crippen molar-refractivity contribution in [2.45, 2.75) is 76.0 Å². The van der Waals surface area contributed by atoms with Crippen LogP contribution in [-0.2, 0) is 32.3 Å². The van der Waals surface area contributed by atoms with Gasteiger partial charge >= 0.3 is 24.1 Å². The lowest BCUT2D eigenvalue weighted by Crippen LogP contribution is -2.44. The molecule has 2 fully saturated rings. The molecule has 2 saturated carbocycles. The number of nitrogens with one attached hydrogen (secondary N) is 2. The zero-order valence-electron chi connectivity index (χ0n) is 23.1. The third-order valence-electron chi connectivity index (χ3n) is 7.13. The van der Waals surface area contributed by atoms with Crippen LogP contribution in [0.2, 0.25) is 0 Å². The molecule has 12 heteroatoms. The van der Waals surface area contributed by atoms with E-state index in [0.717, 1.165) is 11.1 Å². The quantitative estimate of drug-likeness (QED) is 0.268. The Labute approximate surface area is 243 Å². The maximum absolute atomic E-state index is 11.7. The van der Waals surface area contributed by atoms with Crippen LogP contribution in [0, 0.1) is 11.8 Å². The number of rotatable bonds is 8. The van der Waals surface area contributed by atoms with Gasteiger partial charge in [-0.25, -0.2) is 9.59 Å². The number of hydrogen-bond donors (Lipinski definition) is 6. The van der Waals surface area contributed by atoms with E-state index < -0.39 is 48.2 Å². The minimum Gasteiger partial charge on any atom is -0.481 e.